The van der Waals surface area contributed by atoms with Gasteiger partial charge in [-0.1, -0.05) is 6.07 Å². The highest BCUT2D eigenvalue weighted by atomic mass is 19.2. The summed E-state index contributed by atoms with van der Waals surface area (Å²) in [4.78, 5) is 27.5. The van der Waals surface area contributed by atoms with Crippen LogP contribution >= 0.6 is 0 Å². The molecule has 7 heteroatoms. The van der Waals surface area contributed by atoms with Gasteiger partial charge in [-0.25, -0.2) is 18.6 Å². The molecule has 5 nitrogen and oxygen atoms in total. The van der Waals surface area contributed by atoms with E-state index in [1.54, 1.807) is 0 Å². The number of hydrogen-bond acceptors (Lipinski definition) is 3. The summed E-state index contributed by atoms with van der Waals surface area (Å²) in [5.41, 5.74) is 0.271. The van der Waals surface area contributed by atoms with E-state index < -0.39 is 23.2 Å². The third-order valence-corrected chi connectivity index (χ3v) is 3.41. The summed E-state index contributed by atoms with van der Waals surface area (Å²) in [7, 11) is 0. The third-order valence-electron chi connectivity index (χ3n) is 3.41. The second-order valence-corrected chi connectivity index (χ2v) is 4.96. The second-order valence-electron chi connectivity index (χ2n) is 4.96. The lowest BCUT2D eigenvalue weighted by molar-refractivity contribution is 0.0697. The Balaban J connectivity index is 2.07. The maximum Gasteiger partial charge on any atom is 0.335 e. The van der Waals surface area contributed by atoms with Gasteiger partial charge >= 0.3 is 5.97 Å². The van der Waals surface area contributed by atoms with Crippen molar-refractivity contribution in [2.75, 3.05) is 0 Å². The highest BCUT2D eigenvalue weighted by molar-refractivity contribution is 5.92. The average Bonchev–Trinajstić information content (AvgIpc) is 2.53. The molecule has 0 fully saturated rings. The number of rotatable bonds is 3. The summed E-state index contributed by atoms with van der Waals surface area (Å²) in [6.07, 6.45) is 1.28. The highest BCUT2D eigenvalue weighted by Gasteiger charge is 2.10. The molecule has 0 saturated heterocycles. The number of aromatic nitrogens is 2. The molecule has 0 spiro atoms. The number of nitrogens with zero attached hydrogens (tertiary/aromatic N) is 2. The van der Waals surface area contributed by atoms with Crippen molar-refractivity contribution in [3.8, 4) is 0 Å². The number of carboxylic acids is 1. The van der Waals surface area contributed by atoms with Gasteiger partial charge in [0.15, 0.2) is 11.6 Å². The first-order chi connectivity index (χ1) is 11.0. The van der Waals surface area contributed by atoms with Crippen molar-refractivity contribution < 1.29 is 18.7 Å². The fraction of sp³-hybridized carbons (Fsp3) is 0.0625. The van der Waals surface area contributed by atoms with Crippen molar-refractivity contribution in [1.29, 1.82) is 0 Å². The van der Waals surface area contributed by atoms with Gasteiger partial charge in [0.2, 0.25) is 0 Å². The quantitative estimate of drug-likeness (QED) is 0.805. The van der Waals surface area contributed by atoms with Crippen molar-refractivity contribution in [1.82, 2.24) is 9.55 Å². The van der Waals surface area contributed by atoms with E-state index in [0.29, 0.717) is 11.1 Å². The van der Waals surface area contributed by atoms with E-state index >= 15 is 0 Å². The van der Waals surface area contributed by atoms with E-state index in [4.69, 9.17) is 5.11 Å². The van der Waals surface area contributed by atoms with E-state index in [9.17, 15) is 18.4 Å². The maximum absolute atomic E-state index is 13.2. The predicted octanol–water partition coefficient (Wildman–Crippen LogP) is 2.42. The predicted molar refractivity (Wildman–Crippen MR) is 78.4 cm³/mol. The Morgan fingerprint density at radius 1 is 1.13 bits per heavy atom. The zero-order valence-corrected chi connectivity index (χ0v) is 11.7. The maximum atomic E-state index is 13.2. The first-order valence-corrected chi connectivity index (χ1v) is 6.62. The van der Waals surface area contributed by atoms with E-state index in [0.717, 1.165) is 12.1 Å². The van der Waals surface area contributed by atoms with E-state index in [1.807, 2.05) is 0 Å². The van der Waals surface area contributed by atoms with Gasteiger partial charge in [-0.15, -0.1) is 0 Å². The highest BCUT2D eigenvalue weighted by Crippen LogP contribution is 2.12. The lowest BCUT2D eigenvalue weighted by Crippen LogP contribution is -2.21. The molecule has 3 aromatic rings. The molecule has 0 aliphatic rings. The molecule has 116 valence electrons. The molecule has 0 atom stereocenters. The molecule has 2 aromatic carbocycles. The van der Waals surface area contributed by atoms with Gasteiger partial charge in [-0.2, -0.15) is 0 Å². The Kier molecular flexibility index (Phi) is 3.61. The van der Waals surface area contributed by atoms with Gasteiger partial charge in [-0.3, -0.25) is 9.36 Å². The topological polar surface area (TPSA) is 72.2 Å². The number of carboxylic acid groups (broad SMARTS) is 1. The van der Waals surface area contributed by atoms with Crippen LogP contribution in [0.25, 0.3) is 10.9 Å². The van der Waals surface area contributed by atoms with Crippen LogP contribution in [0.2, 0.25) is 0 Å². The van der Waals surface area contributed by atoms with Crippen molar-refractivity contribution in [2.45, 2.75) is 6.54 Å². The van der Waals surface area contributed by atoms with Gasteiger partial charge in [0.05, 0.1) is 29.3 Å². The summed E-state index contributed by atoms with van der Waals surface area (Å²) in [6, 6.07) is 7.39. The Hall–Kier alpha value is -3.09. The Morgan fingerprint density at radius 3 is 2.61 bits per heavy atom. The fourth-order valence-corrected chi connectivity index (χ4v) is 2.24. The molecule has 0 saturated carbocycles. The smallest absolute Gasteiger partial charge is 0.335 e. The van der Waals surface area contributed by atoms with E-state index in [2.05, 4.69) is 4.98 Å². The largest absolute Gasteiger partial charge is 0.478 e. The fourth-order valence-electron chi connectivity index (χ4n) is 2.24. The molecule has 0 amide bonds. The number of carbonyl (C=O) groups is 1. The number of aromatic carboxylic acids is 1. The molecule has 3 rings (SSSR count). The van der Waals surface area contributed by atoms with Crippen LogP contribution in [0.15, 0.2) is 47.5 Å². The molecule has 1 aromatic heterocycles. The lowest BCUT2D eigenvalue weighted by atomic mass is 10.1. The van der Waals surface area contributed by atoms with Gasteiger partial charge in [-0.05, 0) is 35.9 Å². The van der Waals surface area contributed by atoms with Crippen molar-refractivity contribution in [2.24, 2.45) is 0 Å². The number of hydrogen-bond donors (Lipinski definition) is 1. The summed E-state index contributed by atoms with van der Waals surface area (Å²) in [6.45, 7) is -0.00370. The summed E-state index contributed by atoms with van der Waals surface area (Å²) in [5, 5.41) is 9.14. The number of halogens is 2. The normalized spacial score (nSPS) is 10.9. The summed E-state index contributed by atoms with van der Waals surface area (Å²) < 4.78 is 27.4. The summed E-state index contributed by atoms with van der Waals surface area (Å²) in [5.74, 6) is -3.12. The molecule has 0 bridgehead atoms. The molecule has 23 heavy (non-hydrogen) atoms. The molecule has 0 unspecified atom stereocenters. The minimum Gasteiger partial charge on any atom is -0.478 e. The molecular formula is C16H10F2N2O3. The van der Waals surface area contributed by atoms with Crippen LogP contribution in [0.5, 0.6) is 0 Å². The van der Waals surface area contributed by atoms with Crippen LogP contribution in [0.3, 0.4) is 0 Å². The van der Waals surface area contributed by atoms with E-state index in [1.165, 1.54) is 35.2 Å². The first kappa shape index (κ1) is 14.8. The minimum atomic E-state index is -1.15. The Bertz CT molecular complexity index is 983. The zero-order chi connectivity index (χ0) is 16.6. The SMILES string of the molecule is O=C(O)c1ccc2ncn(Cc3ccc(F)c(F)c3)c(=O)c2c1. The van der Waals surface area contributed by atoms with Crippen LogP contribution in [-0.2, 0) is 6.54 Å². The van der Waals surface area contributed by atoms with Crippen molar-refractivity contribution in [3.63, 3.8) is 0 Å². The molecular weight excluding hydrogens is 306 g/mol. The molecule has 0 aliphatic carbocycles. The van der Waals surface area contributed by atoms with E-state index in [-0.39, 0.29) is 17.5 Å². The standard InChI is InChI=1S/C16H10F2N2O3/c17-12-3-1-9(5-13(12)18)7-20-8-19-14-4-2-10(16(22)23)6-11(14)15(20)21/h1-6,8H,7H2,(H,22,23). The van der Waals surface area contributed by atoms with Gasteiger partial charge in [0, 0.05) is 0 Å². The van der Waals surface area contributed by atoms with Crippen LogP contribution in [0.4, 0.5) is 8.78 Å². The van der Waals surface area contributed by atoms with Gasteiger partial charge in [0.25, 0.3) is 5.56 Å². The monoisotopic (exact) mass is 316 g/mol. The van der Waals surface area contributed by atoms with Crippen LogP contribution in [-0.4, -0.2) is 20.6 Å². The van der Waals surface area contributed by atoms with Crippen LogP contribution in [0, 0.1) is 11.6 Å². The van der Waals surface area contributed by atoms with Gasteiger partial charge < -0.3 is 5.11 Å². The number of fused-ring (bicyclic) bond motifs is 1. The van der Waals surface area contributed by atoms with Crippen molar-refractivity contribution >= 4 is 16.9 Å². The molecule has 0 aliphatic heterocycles. The number of benzene rings is 2. The molecule has 1 heterocycles. The zero-order valence-electron chi connectivity index (χ0n) is 11.7. The van der Waals surface area contributed by atoms with Gasteiger partial charge in [0.1, 0.15) is 0 Å². The van der Waals surface area contributed by atoms with Crippen LogP contribution < -0.4 is 5.56 Å². The third kappa shape index (κ3) is 2.80. The lowest BCUT2D eigenvalue weighted by Gasteiger charge is -2.07. The second kappa shape index (κ2) is 5.60. The first-order valence-electron chi connectivity index (χ1n) is 6.62. The van der Waals surface area contributed by atoms with Crippen LogP contribution in [0.1, 0.15) is 15.9 Å². The molecule has 1 N–H and O–H groups in total. The average molecular weight is 316 g/mol. The van der Waals surface area contributed by atoms with Crippen molar-refractivity contribution in [3.05, 3.63) is 75.8 Å². The summed E-state index contributed by atoms with van der Waals surface area (Å²) >= 11 is 0. The Morgan fingerprint density at radius 2 is 1.91 bits per heavy atom. The Labute approximate surface area is 128 Å². The molecule has 0 radical (unpaired) electrons. The minimum absolute atomic E-state index is 0.00370.